The van der Waals surface area contributed by atoms with E-state index in [4.69, 9.17) is 11.6 Å². The minimum atomic E-state index is -0.376. The first kappa shape index (κ1) is 16.5. The summed E-state index contributed by atoms with van der Waals surface area (Å²) in [5.41, 5.74) is 2.56. The molecule has 24 heavy (non-hydrogen) atoms. The number of hydrogen-bond acceptors (Lipinski definition) is 2. The number of benzene rings is 2. The Morgan fingerprint density at radius 3 is 2.67 bits per heavy atom. The second-order valence-corrected chi connectivity index (χ2v) is 6.26. The summed E-state index contributed by atoms with van der Waals surface area (Å²) in [6.07, 6.45) is 1.04. The molecule has 1 saturated heterocycles. The lowest BCUT2D eigenvalue weighted by molar-refractivity contribution is -0.122. The van der Waals surface area contributed by atoms with Crippen molar-refractivity contribution in [3.05, 3.63) is 59.1 Å². The maximum Gasteiger partial charge on any atom is 0.229 e. The fourth-order valence-corrected chi connectivity index (χ4v) is 3.21. The number of rotatable bonds is 4. The lowest BCUT2D eigenvalue weighted by Crippen LogP contribution is -2.28. The molecule has 1 N–H and O–H groups in total. The van der Waals surface area contributed by atoms with Crippen LogP contribution in [0.4, 0.5) is 11.4 Å². The predicted octanol–water partition coefficient (Wildman–Crippen LogP) is 3.89. The molecule has 2 aromatic carbocycles. The van der Waals surface area contributed by atoms with E-state index in [0.717, 1.165) is 17.7 Å². The molecule has 4 nitrogen and oxygen atoms in total. The summed E-state index contributed by atoms with van der Waals surface area (Å²) < 4.78 is 0. The smallest absolute Gasteiger partial charge is 0.229 e. The number of hydrogen-bond donors (Lipinski definition) is 1. The van der Waals surface area contributed by atoms with Gasteiger partial charge in [-0.05, 0) is 30.2 Å². The van der Waals surface area contributed by atoms with Crippen LogP contribution < -0.4 is 10.2 Å². The molecule has 5 heteroatoms. The number of nitrogens with zero attached hydrogens (tertiary/aromatic N) is 1. The van der Waals surface area contributed by atoms with Gasteiger partial charge in [0.15, 0.2) is 0 Å². The fraction of sp³-hybridized carbons (Fsp3) is 0.263. The SMILES string of the molecule is CCc1ccccc1NC(=O)[C@@H]1CC(=O)N(c2ccccc2Cl)C1. The minimum Gasteiger partial charge on any atom is -0.326 e. The van der Waals surface area contributed by atoms with E-state index in [1.807, 2.05) is 43.3 Å². The largest absolute Gasteiger partial charge is 0.326 e. The van der Waals surface area contributed by atoms with Crippen molar-refractivity contribution < 1.29 is 9.59 Å². The van der Waals surface area contributed by atoms with E-state index in [0.29, 0.717) is 17.3 Å². The summed E-state index contributed by atoms with van der Waals surface area (Å²) >= 11 is 6.17. The van der Waals surface area contributed by atoms with Gasteiger partial charge in [0.25, 0.3) is 0 Å². The van der Waals surface area contributed by atoms with Gasteiger partial charge in [0.05, 0.1) is 16.6 Å². The summed E-state index contributed by atoms with van der Waals surface area (Å²) in [4.78, 5) is 26.5. The Hall–Kier alpha value is -2.33. The number of para-hydroxylation sites is 2. The molecule has 2 aromatic rings. The molecule has 1 atom stereocenters. The average molecular weight is 343 g/mol. The molecule has 1 aliphatic heterocycles. The second kappa shape index (κ2) is 7.05. The molecule has 0 aromatic heterocycles. The summed E-state index contributed by atoms with van der Waals surface area (Å²) in [7, 11) is 0. The number of amides is 2. The van der Waals surface area contributed by atoms with E-state index in [1.165, 1.54) is 0 Å². The van der Waals surface area contributed by atoms with Crippen molar-refractivity contribution in [1.29, 1.82) is 0 Å². The molecule has 0 bridgehead atoms. The van der Waals surface area contributed by atoms with Gasteiger partial charge in [-0.3, -0.25) is 9.59 Å². The highest BCUT2D eigenvalue weighted by Gasteiger charge is 2.35. The van der Waals surface area contributed by atoms with E-state index < -0.39 is 0 Å². The number of aryl methyl sites for hydroxylation is 1. The van der Waals surface area contributed by atoms with Crippen LogP contribution in [-0.4, -0.2) is 18.4 Å². The molecular weight excluding hydrogens is 324 g/mol. The van der Waals surface area contributed by atoms with Crippen molar-refractivity contribution >= 4 is 34.8 Å². The van der Waals surface area contributed by atoms with Crippen molar-refractivity contribution in [2.75, 3.05) is 16.8 Å². The van der Waals surface area contributed by atoms with Gasteiger partial charge < -0.3 is 10.2 Å². The summed E-state index contributed by atoms with van der Waals surface area (Å²) in [5.74, 6) is -0.579. The zero-order chi connectivity index (χ0) is 17.1. The van der Waals surface area contributed by atoms with E-state index in [9.17, 15) is 9.59 Å². The molecule has 0 saturated carbocycles. The van der Waals surface area contributed by atoms with Gasteiger partial charge in [-0.15, -0.1) is 0 Å². The van der Waals surface area contributed by atoms with Crippen LogP contribution in [0.3, 0.4) is 0 Å². The molecule has 0 spiro atoms. The van der Waals surface area contributed by atoms with Crippen LogP contribution in [0.5, 0.6) is 0 Å². The van der Waals surface area contributed by atoms with Gasteiger partial charge in [0, 0.05) is 18.7 Å². The van der Waals surface area contributed by atoms with Gasteiger partial charge >= 0.3 is 0 Å². The van der Waals surface area contributed by atoms with Crippen molar-refractivity contribution in [1.82, 2.24) is 0 Å². The third-order valence-electron chi connectivity index (χ3n) is 4.30. The van der Waals surface area contributed by atoms with Gasteiger partial charge in [-0.2, -0.15) is 0 Å². The molecule has 1 aliphatic rings. The molecule has 124 valence electrons. The summed E-state index contributed by atoms with van der Waals surface area (Å²) in [5, 5.41) is 3.48. The number of halogens is 1. The van der Waals surface area contributed by atoms with Gasteiger partial charge in [-0.25, -0.2) is 0 Å². The van der Waals surface area contributed by atoms with Crippen LogP contribution in [0.15, 0.2) is 48.5 Å². The third kappa shape index (κ3) is 3.29. The molecule has 1 heterocycles. The lowest BCUT2D eigenvalue weighted by atomic mass is 10.1. The Balaban J connectivity index is 1.74. The molecule has 3 rings (SSSR count). The molecule has 0 radical (unpaired) electrons. The standard InChI is InChI=1S/C19H19ClN2O2/c1-2-13-7-3-5-9-16(13)21-19(24)14-11-18(23)22(12-14)17-10-6-4-8-15(17)20/h3-10,14H,2,11-12H2,1H3,(H,21,24)/t14-/m1/s1. The normalized spacial score (nSPS) is 17.2. The summed E-state index contributed by atoms with van der Waals surface area (Å²) in [6, 6.07) is 14.9. The van der Waals surface area contributed by atoms with Gasteiger partial charge in [0.1, 0.15) is 0 Å². The van der Waals surface area contributed by atoms with Crippen LogP contribution in [-0.2, 0) is 16.0 Å². The van der Waals surface area contributed by atoms with Crippen LogP contribution in [0, 0.1) is 5.92 Å². The van der Waals surface area contributed by atoms with Crippen LogP contribution in [0.2, 0.25) is 5.02 Å². The van der Waals surface area contributed by atoms with Gasteiger partial charge in [0.2, 0.25) is 11.8 Å². The van der Waals surface area contributed by atoms with E-state index in [2.05, 4.69) is 5.32 Å². The van der Waals surface area contributed by atoms with Crippen molar-refractivity contribution in [3.63, 3.8) is 0 Å². The topological polar surface area (TPSA) is 49.4 Å². The number of carbonyl (C=O) groups is 2. The van der Waals surface area contributed by atoms with Crippen molar-refractivity contribution in [3.8, 4) is 0 Å². The Kier molecular flexibility index (Phi) is 4.86. The first-order valence-corrected chi connectivity index (χ1v) is 8.41. The highest BCUT2D eigenvalue weighted by Crippen LogP contribution is 2.31. The maximum atomic E-state index is 12.6. The number of carbonyl (C=O) groups excluding carboxylic acids is 2. The summed E-state index contributed by atoms with van der Waals surface area (Å²) in [6.45, 7) is 2.39. The van der Waals surface area contributed by atoms with Crippen LogP contribution in [0.25, 0.3) is 0 Å². The Labute approximate surface area is 146 Å². The second-order valence-electron chi connectivity index (χ2n) is 5.86. The molecular formula is C19H19ClN2O2. The van der Waals surface area contributed by atoms with E-state index >= 15 is 0 Å². The quantitative estimate of drug-likeness (QED) is 0.916. The number of anilines is 2. The van der Waals surface area contributed by atoms with Crippen LogP contribution in [0.1, 0.15) is 18.9 Å². The molecule has 1 fully saturated rings. The first-order valence-electron chi connectivity index (χ1n) is 8.03. The maximum absolute atomic E-state index is 12.6. The Bertz CT molecular complexity index is 775. The molecule has 0 aliphatic carbocycles. The van der Waals surface area contributed by atoms with Crippen LogP contribution >= 0.6 is 11.6 Å². The fourth-order valence-electron chi connectivity index (χ4n) is 2.97. The molecule has 0 unspecified atom stereocenters. The third-order valence-corrected chi connectivity index (χ3v) is 4.61. The minimum absolute atomic E-state index is 0.0768. The Morgan fingerprint density at radius 2 is 1.92 bits per heavy atom. The lowest BCUT2D eigenvalue weighted by Gasteiger charge is -2.18. The highest BCUT2D eigenvalue weighted by molar-refractivity contribution is 6.33. The van der Waals surface area contributed by atoms with Crippen molar-refractivity contribution in [2.24, 2.45) is 5.92 Å². The number of nitrogens with one attached hydrogen (secondary N) is 1. The van der Waals surface area contributed by atoms with Crippen molar-refractivity contribution in [2.45, 2.75) is 19.8 Å². The average Bonchev–Trinajstić information content (AvgIpc) is 2.97. The first-order chi connectivity index (χ1) is 11.6. The van der Waals surface area contributed by atoms with E-state index in [1.54, 1.807) is 17.0 Å². The monoisotopic (exact) mass is 342 g/mol. The highest BCUT2D eigenvalue weighted by atomic mass is 35.5. The zero-order valence-corrected chi connectivity index (χ0v) is 14.2. The Morgan fingerprint density at radius 1 is 1.21 bits per heavy atom. The zero-order valence-electron chi connectivity index (χ0n) is 13.5. The van der Waals surface area contributed by atoms with E-state index in [-0.39, 0.29) is 24.2 Å². The molecule has 2 amide bonds. The van der Waals surface area contributed by atoms with Gasteiger partial charge in [-0.1, -0.05) is 48.9 Å². The predicted molar refractivity (Wildman–Crippen MR) is 96.4 cm³/mol.